The summed E-state index contributed by atoms with van der Waals surface area (Å²) in [7, 11) is 0. The van der Waals surface area contributed by atoms with Gasteiger partial charge in [0.25, 0.3) is 0 Å². The second-order valence-electron chi connectivity index (χ2n) is 11.0. The van der Waals surface area contributed by atoms with Crippen molar-refractivity contribution in [3.63, 3.8) is 0 Å². The molecule has 0 saturated heterocycles. The Morgan fingerprint density at radius 1 is 1.03 bits per heavy atom. The van der Waals surface area contributed by atoms with E-state index < -0.39 is 35.1 Å². The van der Waals surface area contributed by atoms with Crippen molar-refractivity contribution < 1.29 is 19.4 Å². The van der Waals surface area contributed by atoms with Crippen molar-refractivity contribution in [2.24, 2.45) is 5.92 Å². The lowest BCUT2D eigenvalue weighted by Crippen LogP contribution is -2.56. The molecule has 0 fully saturated rings. The van der Waals surface area contributed by atoms with Crippen molar-refractivity contribution in [1.82, 2.24) is 9.24 Å². The van der Waals surface area contributed by atoms with E-state index in [-0.39, 0.29) is 25.3 Å². The first kappa shape index (κ1) is 29.5. The minimum atomic E-state index is -1.18. The SMILES string of the molecule is CC(C)CCC(=O)N([C@@H](CC=Cc1ccccc1)C(=O)OC(C)(C)C)n1c(O)cn(Cc2ccccc2)c1=O. The van der Waals surface area contributed by atoms with Crippen molar-refractivity contribution >= 4 is 18.0 Å². The van der Waals surface area contributed by atoms with Crippen LogP contribution >= 0.6 is 0 Å². The van der Waals surface area contributed by atoms with Gasteiger partial charge < -0.3 is 9.84 Å². The minimum absolute atomic E-state index is 0.0764. The lowest BCUT2D eigenvalue weighted by atomic mass is 10.1. The summed E-state index contributed by atoms with van der Waals surface area (Å²) in [4.78, 5) is 40.8. The number of hydrogen-bond acceptors (Lipinski definition) is 5. The Morgan fingerprint density at radius 3 is 2.23 bits per heavy atom. The van der Waals surface area contributed by atoms with E-state index in [1.165, 1.54) is 10.8 Å². The predicted octanol–water partition coefficient (Wildman–Crippen LogP) is 5.12. The van der Waals surface area contributed by atoms with E-state index in [0.29, 0.717) is 6.42 Å². The fraction of sp³-hybridized carbons (Fsp3) is 0.387. The van der Waals surface area contributed by atoms with Crippen LogP contribution in [0.25, 0.3) is 6.08 Å². The van der Waals surface area contributed by atoms with Crippen molar-refractivity contribution in [3.8, 4) is 5.88 Å². The molecule has 0 bridgehead atoms. The molecule has 0 aliphatic heterocycles. The summed E-state index contributed by atoms with van der Waals surface area (Å²) in [6.45, 7) is 9.41. The first-order chi connectivity index (χ1) is 18.5. The molecule has 8 heteroatoms. The molecule has 208 valence electrons. The number of carbonyl (C=O) groups excluding carboxylic acids is 2. The van der Waals surface area contributed by atoms with Gasteiger partial charge in [-0.05, 0) is 50.7 Å². The number of benzene rings is 2. The topological polar surface area (TPSA) is 93.8 Å². The normalized spacial score (nSPS) is 12.6. The second-order valence-corrected chi connectivity index (χ2v) is 11.0. The number of aromatic nitrogens is 2. The lowest BCUT2D eigenvalue weighted by Gasteiger charge is -2.32. The number of esters is 1. The van der Waals surface area contributed by atoms with E-state index in [1.54, 1.807) is 26.8 Å². The number of hydrogen-bond donors (Lipinski definition) is 1. The van der Waals surface area contributed by atoms with Crippen LogP contribution in [0.5, 0.6) is 5.88 Å². The Kier molecular flexibility index (Phi) is 9.93. The van der Waals surface area contributed by atoms with E-state index in [0.717, 1.165) is 20.8 Å². The van der Waals surface area contributed by atoms with E-state index in [9.17, 15) is 19.5 Å². The molecule has 0 spiro atoms. The summed E-state index contributed by atoms with van der Waals surface area (Å²) in [5, 5.41) is 12.0. The second kappa shape index (κ2) is 13.1. The molecule has 3 aromatic rings. The van der Waals surface area contributed by atoms with Crippen molar-refractivity contribution in [3.05, 3.63) is 94.5 Å². The molecular formula is C31H39N3O5. The van der Waals surface area contributed by atoms with Crippen molar-refractivity contribution in [1.29, 1.82) is 0 Å². The molecule has 0 saturated carbocycles. The van der Waals surface area contributed by atoms with E-state index >= 15 is 0 Å². The van der Waals surface area contributed by atoms with E-state index in [4.69, 9.17) is 4.74 Å². The monoisotopic (exact) mass is 533 g/mol. The van der Waals surface area contributed by atoms with E-state index in [2.05, 4.69) is 0 Å². The molecule has 1 heterocycles. The molecule has 1 N–H and O–H groups in total. The number of rotatable bonds is 11. The molecule has 1 atom stereocenters. The van der Waals surface area contributed by atoms with Crippen molar-refractivity contribution in [2.75, 3.05) is 5.01 Å². The maximum atomic E-state index is 13.7. The quantitative estimate of drug-likeness (QED) is 0.346. The maximum Gasteiger partial charge on any atom is 0.350 e. The first-order valence-corrected chi connectivity index (χ1v) is 13.3. The summed E-state index contributed by atoms with van der Waals surface area (Å²) in [5.41, 5.74) is 0.322. The summed E-state index contributed by atoms with van der Waals surface area (Å²) in [6.07, 6.45) is 5.62. The molecule has 3 rings (SSSR count). The van der Waals surface area contributed by atoms with Gasteiger partial charge >= 0.3 is 11.7 Å². The maximum absolute atomic E-state index is 13.7. The van der Waals surface area contributed by atoms with E-state index in [1.807, 2.05) is 80.6 Å². The third-order valence-electron chi connectivity index (χ3n) is 5.96. The van der Waals surface area contributed by atoms with Crippen LogP contribution in [0.3, 0.4) is 0 Å². The smallest absolute Gasteiger partial charge is 0.350 e. The molecule has 1 aromatic heterocycles. The zero-order chi connectivity index (χ0) is 28.6. The predicted molar refractivity (Wildman–Crippen MR) is 153 cm³/mol. The van der Waals surface area contributed by atoms with Crippen LogP contribution in [0.4, 0.5) is 0 Å². The molecule has 0 radical (unpaired) electrons. The number of imidazole rings is 1. The number of aromatic hydroxyl groups is 1. The van der Waals surface area contributed by atoms with Gasteiger partial charge in [0.05, 0.1) is 12.7 Å². The van der Waals surface area contributed by atoms with Gasteiger partial charge in [-0.25, -0.2) is 14.6 Å². The largest absolute Gasteiger partial charge is 0.492 e. The molecule has 8 nitrogen and oxygen atoms in total. The average molecular weight is 534 g/mol. The van der Waals surface area contributed by atoms with Gasteiger partial charge in [0.15, 0.2) is 6.04 Å². The van der Waals surface area contributed by atoms with Crippen LogP contribution in [0.1, 0.15) is 65.0 Å². The fourth-order valence-electron chi connectivity index (χ4n) is 4.08. The lowest BCUT2D eigenvalue weighted by molar-refractivity contribution is -0.158. The molecule has 2 aromatic carbocycles. The zero-order valence-corrected chi connectivity index (χ0v) is 23.4. The van der Waals surface area contributed by atoms with Crippen LogP contribution in [-0.2, 0) is 20.9 Å². The third-order valence-corrected chi connectivity index (χ3v) is 5.96. The Morgan fingerprint density at radius 2 is 1.64 bits per heavy atom. The average Bonchev–Trinajstić information content (AvgIpc) is 3.14. The van der Waals surface area contributed by atoms with Gasteiger partial charge in [-0.3, -0.25) is 9.36 Å². The number of carbonyl (C=O) groups is 2. The van der Waals surface area contributed by atoms with Gasteiger partial charge in [-0.1, -0.05) is 86.7 Å². The number of nitrogens with zero attached hydrogens (tertiary/aromatic N) is 3. The zero-order valence-electron chi connectivity index (χ0n) is 23.4. The van der Waals surface area contributed by atoms with Gasteiger partial charge in [-0.15, -0.1) is 0 Å². The van der Waals surface area contributed by atoms with Gasteiger partial charge in [0.2, 0.25) is 11.8 Å². The molecular weight excluding hydrogens is 494 g/mol. The minimum Gasteiger partial charge on any atom is -0.492 e. The van der Waals surface area contributed by atoms with Crippen LogP contribution in [0.2, 0.25) is 0 Å². The van der Waals surface area contributed by atoms with Crippen LogP contribution in [-0.4, -0.2) is 37.9 Å². The standard InChI is InChI=1S/C31H39N3O5/c1-23(2)19-20-27(35)33(34-28(36)22-32(30(34)38)21-25-15-10-7-11-16-25)26(29(37)39-31(3,4)5)18-12-17-24-13-8-6-9-14-24/h6-17,22-23,26,36H,18-21H2,1-5H3/t26-/m0/s1. The molecule has 1 amide bonds. The summed E-state index contributed by atoms with van der Waals surface area (Å²) >= 11 is 0. The Hall–Kier alpha value is -4.07. The highest BCUT2D eigenvalue weighted by molar-refractivity contribution is 5.93. The Labute approximate surface area is 230 Å². The first-order valence-electron chi connectivity index (χ1n) is 13.3. The number of ether oxygens (including phenoxy) is 1. The molecule has 39 heavy (non-hydrogen) atoms. The summed E-state index contributed by atoms with van der Waals surface area (Å²) in [5.74, 6) is -1.33. The van der Waals surface area contributed by atoms with Crippen LogP contribution in [0, 0.1) is 5.92 Å². The summed E-state index contributed by atoms with van der Waals surface area (Å²) < 4.78 is 7.91. The van der Waals surface area contributed by atoms with Crippen LogP contribution in [0.15, 0.2) is 77.7 Å². The highest BCUT2D eigenvalue weighted by Gasteiger charge is 2.36. The van der Waals surface area contributed by atoms with Gasteiger partial charge in [-0.2, -0.15) is 4.68 Å². The molecule has 0 aliphatic carbocycles. The molecule has 0 aliphatic rings. The third kappa shape index (κ3) is 8.46. The van der Waals surface area contributed by atoms with Crippen molar-refractivity contribution in [2.45, 2.75) is 72.1 Å². The summed E-state index contributed by atoms with van der Waals surface area (Å²) in [6, 6.07) is 17.7. The Bertz CT molecular complexity index is 1320. The van der Waals surface area contributed by atoms with Gasteiger partial charge in [0, 0.05) is 6.42 Å². The van der Waals surface area contributed by atoms with Crippen LogP contribution < -0.4 is 10.7 Å². The number of amides is 1. The highest BCUT2D eigenvalue weighted by Crippen LogP contribution is 2.20. The van der Waals surface area contributed by atoms with Gasteiger partial charge in [0.1, 0.15) is 5.60 Å². The molecule has 0 unspecified atom stereocenters. The fourth-order valence-corrected chi connectivity index (χ4v) is 4.08. The highest BCUT2D eigenvalue weighted by atomic mass is 16.6. The Balaban J connectivity index is 2.07.